The van der Waals surface area contributed by atoms with Crippen molar-refractivity contribution < 1.29 is 4.39 Å². The van der Waals surface area contributed by atoms with Crippen LogP contribution in [-0.4, -0.2) is 16.5 Å². The molecule has 19 heavy (non-hydrogen) atoms. The summed E-state index contributed by atoms with van der Waals surface area (Å²) in [5.41, 5.74) is 1.64. The highest BCUT2D eigenvalue weighted by Gasteiger charge is 2.09. The first-order valence-electron chi connectivity index (χ1n) is 5.89. The van der Waals surface area contributed by atoms with Gasteiger partial charge in [0.1, 0.15) is 0 Å². The van der Waals surface area contributed by atoms with Crippen LogP contribution in [0.4, 0.5) is 21.8 Å². The second-order valence-electron chi connectivity index (χ2n) is 4.03. The lowest BCUT2D eigenvalue weighted by molar-refractivity contribution is 0.619. The van der Waals surface area contributed by atoms with E-state index in [1.165, 1.54) is 0 Å². The predicted molar refractivity (Wildman–Crippen MR) is 75.6 cm³/mol. The molecule has 0 amide bonds. The molecule has 0 atom stereocenters. The molecule has 2 rings (SSSR count). The quantitative estimate of drug-likeness (QED) is 0.895. The summed E-state index contributed by atoms with van der Waals surface area (Å²) in [5, 5.41) is 6.31. The van der Waals surface area contributed by atoms with Crippen molar-refractivity contribution in [3.05, 3.63) is 40.8 Å². The molecular weight excluding hydrogens is 267 g/mol. The Kier molecular flexibility index (Phi) is 4.16. The number of nitrogens with one attached hydrogen (secondary N) is 2. The van der Waals surface area contributed by atoms with Gasteiger partial charge in [-0.2, -0.15) is 4.98 Å². The molecule has 0 fully saturated rings. The minimum atomic E-state index is -0.529. The van der Waals surface area contributed by atoms with Crippen LogP contribution in [0.5, 0.6) is 0 Å². The first kappa shape index (κ1) is 13.5. The third kappa shape index (κ3) is 3.32. The summed E-state index contributed by atoms with van der Waals surface area (Å²) in [6, 6.07) is 5.47. The van der Waals surface area contributed by atoms with E-state index < -0.39 is 5.82 Å². The summed E-state index contributed by atoms with van der Waals surface area (Å²) in [6.45, 7) is 4.51. The molecule has 0 bridgehead atoms. The van der Waals surface area contributed by atoms with E-state index in [1.54, 1.807) is 12.1 Å². The number of aryl methyl sites for hydroxylation is 1. The van der Waals surface area contributed by atoms with Gasteiger partial charge in [0, 0.05) is 6.54 Å². The van der Waals surface area contributed by atoms with E-state index in [9.17, 15) is 4.39 Å². The van der Waals surface area contributed by atoms with Gasteiger partial charge in [-0.25, -0.2) is 9.37 Å². The fourth-order valence-corrected chi connectivity index (χ4v) is 1.83. The van der Waals surface area contributed by atoms with Crippen LogP contribution >= 0.6 is 11.6 Å². The van der Waals surface area contributed by atoms with Crippen LogP contribution in [0, 0.1) is 12.7 Å². The zero-order valence-electron chi connectivity index (χ0n) is 10.7. The zero-order chi connectivity index (χ0) is 13.8. The van der Waals surface area contributed by atoms with Crippen LogP contribution in [0.25, 0.3) is 0 Å². The number of rotatable bonds is 4. The van der Waals surface area contributed by atoms with Gasteiger partial charge in [-0.3, -0.25) is 0 Å². The van der Waals surface area contributed by atoms with E-state index in [0.29, 0.717) is 23.2 Å². The maximum absolute atomic E-state index is 13.6. The van der Waals surface area contributed by atoms with Crippen molar-refractivity contribution in [1.29, 1.82) is 0 Å². The van der Waals surface area contributed by atoms with Crippen molar-refractivity contribution in [2.24, 2.45) is 0 Å². The van der Waals surface area contributed by atoms with E-state index in [1.807, 2.05) is 19.9 Å². The molecule has 0 unspecified atom stereocenters. The lowest BCUT2D eigenvalue weighted by Gasteiger charge is -2.10. The second-order valence-corrected chi connectivity index (χ2v) is 4.44. The van der Waals surface area contributed by atoms with Crippen molar-refractivity contribution in [2.45, 2.75) is 13.8 Å². The van der Waals surface area contributed by atoms with Gasteiger partial charge in [0.2, 0.25) is 5.95 Å². The normalized spacial score (nSPS) is 10.3. The smallest absolute Gasteiger partial charge is 0.224 e. The summed E-state index contributed by atoms with van der Waals surface area (Å²) in [6.07, 6.45) is 1.12. The monoisotopic (exact) mass is 280 g/mol. The van der Waals surface area contributed by atoms with Crippen LogP contribution in [0.1, 0.15) is 12.5 Å². The largest absolute Gasteiger partial charge is 0.354 e. The van der Waals surface area contributed by atoms with Crippen LogP contribution < -0.4 is 10.6 Å². The SMILES string of the molecule is CCNc1ncc(F)c(Nc2ccc(C)cc2Cl)n1. The van der Waals surface area contributed by atoms with E-state index >= 15 is 0 Å². The van der Waals surface area contributed by atoms with Crippen molar-refractivity contribution in [1.82, 2.24) is 9.97 Å². The van der Waals surface area contributed by atoms with Gasteiger partial charge < -0.3 is 10.6 Å². The molecule has 0 saturated carbocycles. The fraction of sp³-hybridized carbons (Fsp3) is 0.231. The van der Waals surface area contributed by atoms with Gasteiger partial charge in [0.15, 0.2) is 11.6 Å². The molecule has 1 heterocycles. The van der Waals surface area contributed by atoms with Crippen molar-refractivity contribution >= 4 is 29.1 Å². The molecule has 0 aliphatic heterocycles. The molecule has 0 spiro atoms. The Hall–Kier alpha value is -1.88. The van der Waals surface area contributed by atoms with E-state index in [0.717, 1.165) is 11.8 Å². The van der Waals surface area contributed by atoms with Gasteiger partial charge in [0.05, 0.1) is 16.9 Å². The molecule has 1 aromatic carbocycles. The average Bonchev–Trinajstić information content (AvgIpc) is 2.37. The number of halogens is 2. The van der Waals surface area contributed by atoms with Crippen LogP contribution in [0.3, 0.4) is 0 Å². The minimum Gasteiger partial charge on any atom is -0.354 e. The number of hydrogen-bond acceptors (Lipinski definition) is 4. The van der Waals surface area contributed by atoms with E-state index in [4.69, 9.17) is 11.6 Å². The molecule has 0 aliphatic carbocycles. The third-order valence-corrected chi connectivity index (χ3v) is 2.77. The standard InChI is InChI=1S/C13H14ClFN4/c1-3-16-13-17-7-10(15)12(19-13)18-11-5-4-8(2)6-9(11)14/h4-7H,3H2,1-2H3,(H2,16,17,18,19). The van der Waals surface area contributed by atoms with Crippen LogP contribution in [0.15, 0.2) is 24.4 Å². The summed E-state index contributed by atoms with van der Waals surface area (Å²) < 4.78 is 13.6. The predicted octanol–water partition coefficient (Wildman–Crippen LogP) is 3.75. The molecule has 100 valence electrons. The lowest BCUT2D eigenvalue weighted by Crippen LogP contribution is -2.06. The van der Waals surface area contributed by atoms with Crippen molar-refractivity contribution in [2.75, 3.05) is 17.2 Å². The van der Waals surface area contributed by atoms with Crippen molar-refractivity contribution in [3.8, 4) is 0 Å². The van der Waals surface area contributed by atoms with Crippen molar-refractivity contribution in [3.63, 3.8) is 0 Å². The Morgan fingerprint density at radius 1 is 1.37 bits per heavy atom. The fourth-order valence-electron chi connectivity index (χ4n) is 1.55. The molecule has 4 nitrogen and oxygen atoms in total. The van der Waals surface area contributed by atoms with Gasteiger partial charge >= 0.3 is 0 Å². The summed E-state index contributed by atoms with van der Waals surface area (Å²) >= 11 is 6.09. The molecule has 1 aromatic heterocycles. The molecular formula is C13H14ClFN4. The molecule has 0 aliphatic rings. The molecule has 6 heteroatoms. The maximum atomic E-state index is 13.6. The maximum Gasteiger partial charge on any atom is 0.224 e. The van der Waals surface area contributed by atoms with Gasteiger partial charge in [-0.15, -0.1) is 0 Å². The first-order valence-corrected chi connectivity index (χ1v) is 6.27. The minimum absolute atomic E-state index is 0.0942. The molecule has 2 aromatic rings. The van der Waals surface area contributed by atoms with Crippen LogP contribution in [0.2, 0.25) is 5.02 Å². The highest BCUT2D eigenvalue weighted by atomic mass is 35.5. The highest BCUT2D eigenvalue weighted by Crippen LogP contribution is 2.26. The summed E-state index contributed by atoms with van der Waals surface area (Å²) in [4.78, 5) is 7.89. The third-order valence-electron chi connectivity index (χ3n) is 2.46. The Morgan fingerprint density at radius 2 is 2.16 bits per heavy atom. The van der Waals surface area contributed by atoms with E-state index in [2.05, 4.69) is 20.6 Å². The Balaban J connectivity index is 2.29. The van der Waals surface area contributed by atoms with Crippen LogP contribution in [-0.2, 0) is 0 Å². The Bertz CT molecular complexity index is 589. The zero-order valence-corrected chi connectivity index (χ0v) is 11.4. The molecule has 2 N–H and O–H groups in total. The first-order chi connectivity index (χ1) is 9.10. The average molecular weight is 281 g/mol. The number of nitrogens with zero attached hydrogens (tertiary/aromatic N) is 2. The molecule has 0 saturated heterocycles. The summed E-state index contributed by atoms with van der Waals surface area (Å²) in [5.74, 6) is -0.0652. The lowest BCUT2D eigenvalue weighted by atomic mass is 10.2. The number of anilines is 3. The number of hydrogen-bond donors (Lipinski definition) is 2. The second kappa shape index (κ2) is 5.84. The Morgan fingerprint density at radius 3 is 2.84 bits per heavy atom. The van der Waals surface area contributed by atoms with Gasteiger partial charge in [-0.1, -0.05) is 17.7 Å². The summed E-state index contributed by atoms with van der Waals surface area (Å²) in [7, 11) is 0. The highest BCUT2D eigenvalue weighted by molar-refractivity contribution is 6.33. The van der Waals surface area contributed by atoms with E-state index in [-0.39, 0.29) is 5.82 Å². The van der Waals surface area contributed by atoms with Gasteiger partial charge in [0.25, 0.3) is 0 Å². The van der Waals surface area contributed by atoms with Gasteiger partial charge in [-0.05, 0) is 31.5 Å². The Labute approximate surface area is 116 Å². The molecule has 0 radical (unpaired) electrons. The number of aromatic nitrogens is 2. The number of benzene rings is 1. The topological polar surface area (TPSA) is 49.8 Å².